The molecule has 3 rings (SSSR count). The van der Waals surface area contributed by atoms with E-state index in [2.05, 4.69) is 22.0 Å². The highest BCUT2D eigenvalue weighted by atomic mass is 35.5. The third-order valence-electron chi connectivity index (χ3n) is 5.98. The molecule has 1 atom stereocenters. The van der Waals surface area contributed by atoms with Gasteiger partial charge in [0, 0.05) is 39.3 Å². The lowest BCUT2D eigenvalue weighted by atomic mass is 9.78. The number of hydrogen-bond acceptors (Lipinski definition) is 5. The monoisotopic (exact) mass is 411 g/mol. The topological polar surface area (TPSA) is 54.0 Å². The Morgan fingerprint density at radius 3 is 2.42 bits per heavy atom. The molecule has 1 unspecified atom stereocenters. The number of amides is 1. The van der Waals surface area contributed by atoms with Gasteiger partial charge in [0.2, 0.25) is 5.91 Å². The van der Waals surface area contributed by atoms with Crippen molar-refractivity contribution in [2.75, 3.05) is 59.6 Å². The van der Waals surface area contributed by atoms with E-state index in [1.165, 1.54) is 0 Å². The van der Waals surface area contributed by atoms with E-state index in [-0.39, 0.29) is 30.2 Å². The summed E-state index contributed by atoms with van der Waals surface area (Å²) in [6, 6.07) is 0.604. The number of methoxy groups -OCH3 is 1. The number of hydrogen-bond donors (Lipinski definition) is 1. The van der Waals surface area contributed by atoms with Gasteiger partial charge >= 0.3 is 0 Å². The maximum atomic E-state index is 13.2. The van der Waals surface area contributed by atoms with Crippen molar-refractivity contribution in [3.05, 3.63) is 0 Å². The predicted molar refractivity (Wildman–Crippen MR) is 107 cm³/mol. The minimum Gasteiger partial charge on any atom is -0.384 e. The summed E-state index contributed by atoms with van der Waals surface area (Å²) in [5.41, 5.74) is -0.305. The van der Waals surface area contributed by atoms with Crippen molar-refractivity contribution >= 4 is 30.7 Å². The second-order valence-electron chi connectivity index (χ2n) is 7.66. The van der Waals surface area contributed by atoms with Crippen LogP contribution >= 0.6 is 24.8 Å². The molecule has 26 heavy (non-hydrogen) atoms. The maximum Gasteiger partial charge on any atom is 0.231 e. The zero-order valence-corrected chi connectivity index (χ0v) is 17.7. The molecule has 0 spiro atoms. The van der Waals surface area contributed by atoms with Crippen LogP contribution in [0.2, 0.25) is 0 Å². The van der Waals surface area contributed by atoms with Crippen molar-refractivity contribution in [3.8, 4) is 0 Å². The molecule has 0 saturated carbocycles. The van der Waals surface area contributed by atoms with Gasteiger partial charge in [0.25, 0.3) is 0 Å². The number of rotatable bonds is 4. The van der Waals surface area contributed by atoms with E-state index >= 15 is 0 Å². The molecule has 3 aliphatic heterocycles. The number of nitrogens with one attached hydrogen (secondary N) is 1. The molecule has 8 heteroatoms. The Morgan fingerprint density at radius 1 is 1.19 bits per heavy atom. The van der Waals surface area contributed by atoms with Crippen molar-refractivity contribution in [1.82, 2.24) is 15.1 Å². The van der Waals surface area contributed by atoms with E-state index in [9.17, 15) is 4.79 Å². The van der Waals surface area contributed by atoms with Crippen LogP contribution in [0.4, 0.5) is 0 Å². The van der Waals surface area contributed by atoms with E-state index in [1.807, 2.05) is 0 Å². The second-order valence-corrected chi connectivity index (χ2v) is 7.66. The highest BCUT2D eigenvalue weighted by Gasteiger charge is 2.43. The lowest BCUT2D eigenvalue weighted by molar-refractivity contribution is -0.149. The molecule has 0 bridgehead atoms. The summed E-state index contributed by atoms with van der Waals surface area (Å²) in [6.07, 6.45) is 4.28. The Labute approximate surface area is 170 Å². The van der Waals surface area contributed by atoms with Gasteiger partial charge in [-0.1, -0.05) is 0 Å². The number of carbonyl (C=O) groups is 1. The van der Waals surface area contributed by atoms with Gasteiger partial charge in [-0.2, -0.15) is 0 Å². The summed E-state index contributed by atoms with van der Waals surface area (Å²) in [6.45, 7) is 9.19. The maximum absolute atomic E-state index is 13.2. The lowest BCUT2D eigenvalue weighted by Gasteiger charge is -2.45. The highest BCUT2D eigenvalue weighted by Crippen LogP contribution is 2.33. The molecule has 6 nitrogen and oxygen atoms in total. The summed E-state index contributed by atoms with van der Waals surface area (Å²) in [7, 11) is 1.71. The Hall–Kier alpha value is -0.110. The van der Waals surface area contributed by atoms with Crippen LogP contribution in [-0.4, -0.2) is 87.4 Å². The molecule has 0 radical (unpaired) electrons. The number of ether oxygens (including phenoxy) is 2. The van der Waals surface area contributed by atoms with Crippen molar-refractivity contribution in [2.45, 2.75) is 44.8 Å². The van der Waals surface area contributed by atoms with Gasteiger partial charge in [-0.05, 0) is 45.7 Å². The molecular formula is C18H35Cl2N3O3. The van der Waals surface area contributed by atoms with Crippen molar-refractivity contribution in [1.29, 1.82) is 0 Å². The summed E-state index contributed by atoms with van der Waals surface area (Å²) < 4.78 is 11.1. The van der Waals surface area contributed by atoms with Gasteiger partial charge in [0.15, 0.2) is 0 Å². The van der Waals surface area contributed by atoms with Crippen molar-refractivity contribution in [2.24, 2.45) is 5.41 Å². The quantitative estimate of drug-likeness (QED) is 0.760. The van der Waals surface area contributed by atoms with Gasteiger partial charge in [-0.25, -0.2) is 0 Å². The first-order valence-corrected chi connectivity index (χ1v) is 9.49. The minimum absolute atomic E-state index is 0. The molecule has 3 fully saturated rings. The molecule has 154 valence electrons. The Bertz CT molecular complexity index is 422. The van der Waals surface area contributed by atoms with Gasteiger partial charge in [-0.15, -0.1) is 24.8 Å². The van der Waals surface area contributed by atoms with Crippen LogP contribution in [0.5, 0.6) is 0 Å². The van der Waals surface area contributed by atoms with E-state index in [0.29, 0.717) is 24.7 Å². The fourth-order valence-electron chi connectivity index (χ4n) is 4.55. The van der Waals surface area contributed by atoms with Gasteiger partial charge < -0.3 is 19.7 Å². The van der Waals surface area contributed by atoms with Crippen LogP contribution in [0.25, 0.3) is 0 Å². The van der Waals surface area contributed by atoms with Crippen LogP contribution in [0, 0.1) is 5.41 Å². The number of carbonyl (C=O) groups excluding carboxylic acids is 1. The minimum atomic E-state index is -0.305. The Morgan fingerprint density at radius 2 is 1.85 bits per heavy atom. The summed E-state index contributed by atoms with van der Waals surface area (Å²) >= 11 is 0. The Balaban J connectivity index is 0.00000169. The molecule has 0 aromatic carbocycles. The van der Waals surface area contributed by atoms with Gasteiger partial charge in [-0.3, -0.25) is 9.69 Å². The molecule has 1 amide bonds. The summed E-state index contributed by atoms with van der Waals surface area (Å²) in [5, 5.41) is 3.37. The first kappa shape index (κ1) is 23.9. The molecule has 3 aliphatic rings. The van der Waals surface area contributed by atoms with Crippen LogP contribution in [-0.2, 0) is 14.3 Å². The van der Waals surface area contributed by atoms with Gasteiger partial charge in [0.1, 0.15) is 0 Å². The molecule has 1 N–H and O–H groups in total. The number of piperidine rings is 2. The number of morpholine rings is 1. The average molecular weight is 412 g/mol. The molecule has 0 aromatic heterocycles. The smallest absolute Gasteiger partial charge is 0.231 e. The zero-order chi connectivity index (χ0) is 17.0. The third kappa shape index (κ3) is 5.46. The van der Waals surface area contributed by atoms with Crippen LogP contribution in [0.1, 0.15) is 32.6 Å². The number of halogens is 2. The first-order valence-electron chi connectivity index (χ1n) is 9.49. The largest absolute Gasteiger partial charge is 0.384 e. The molecule has 0 aromatic rings. The normalized spacial score (nSPS) is 27.3. The highest BCUT2D eigenvalue weighted by molar-refractivity contribution is 5.85. The second kappa shape index (κ2) is 11.0. The SMILES string of the molecule is COCC1(C(=O)N2CCC(N3CCOC(C)C3)CC2)CCNCC1.Cl.Cl. The summed E-state index contributed by atoms with van der Waals surface area (Å²) in [4.78, 5) is 17.8. The lowest BCUT2D eigenvalue weighted by Crippen LogP contribution is -2.56. The zero-order valence-electron chi connectivity index (χ0n) is 16.1. The molecule has 3 saturated heterocycles. The van der Waals surface area contributed by atoms with Gasteiger partial charge in [0.05, 0.1) is 24.7 Å². The number of likely N-dealkylation sites (tertiary alicyclic amines) is 1. The molecular weight excluding hydrogens is 377 g/mol. The average Bonchev–Trinajstić information content (AvgIpc) is 2.62. The third-order valence-corrected chi connectivity index (χ3v) is 5.98. The number of nitrogens with zero attached hydrogens (tertiary/aromatic N) is 2. The molecule has 0 aliphatic carbocycles. The van der Waals surface area contributed by atoms with E-state index in [0.717, 1.165) is 71.6 Å². The fraction of sp³-hybridized carbons (Fsp3) is 0.944. The van der Waals surface area contributed by atoms with Crippen molar-refractivity contribution in [3.63, 3.8) is 0 Å². The predicted octanol–water partition coefficient (Wildman–Crippen LogP) is 1.56. The Kier molecular flexibility index (Phi) is 10.1. The fourth-order valence-corrected chi connectivity index (χ4v) is 4.55. The van der Waals surface area contributed by atoms with Crippen LogP contribution in [0.3, 0.4) is 0 Å². The standard InChI is InChI=1S/C18H33N3O3.2ClH/c1-15-13-21(11-12-24-15)16-3-9-20(10-4-16)17(22)18(14-23-2)5-7-19-8-6-18;;/h15-16,19H,3-14H2,1-2H3;2*1H. The van der Waals surface area contributed by atoms with E-state index in [4.69, 9.17) is 9.47 Å². The van der Waals surface area contributed by atoms with E-state index < -0.39 is 0 Å². The van der Waals surface area contributed by atoms with Crippen LogP contribution in [0.15, 0.2) is 0 Å². The molecule has 3 heterocycles. The first-order chi connectivity index (χ1) is 11.6. The van der Waals surface area contributed by atoms with Crippen molar-refractivity contribution < 1.29 is 14.3 Å². The summed E-state index contributed by atoms with van der Waals surface area (Å²) in [5.74, 6) is 0.319. The van der Waals surface area contributed by atoms with E-state index in [1.54, 1.807) is 7.11 Å². The van der Waals surface area contributed by atoms with Crippen LogP contribution < -0.4 is 5.32 Å².